The maximum absolute atomic E-state index is 10.5. The van der Waals surface area contributed by atoms with Crippen molar-refractivity contribution in [3.8, 4) is 5.75 Å². The van der Waals surface area contributed by atoms with Crippen molar-refractivity contribution < 1.29 is 9.53 Å². The highest BCUT2D eigenvalue weighted by molar-refractivity contribution is 5.58. The highest BCUT2D eigenvalue weighted by atomic mass is 16.5. The Kier molecular flexibility index (Phi) is 3.51. The van der Waals surface area contributed by atoms with Crippen LogP contribution >= 0.6 is 0 Å². The molecule has 0 aromatic heterocycles. The van der Waals surface area contributed by atoms with Gasteiger partial charge in [-0.05, 0) is 17.0 Å². The molecule has 0 radical (unpaired) electrons. The zero-order chi connectivity index (χ0) is 11.5. The third-order valence-corrected chi connectivity index (χ3v) is 2.46. The fraction of sp³-hybridized carbons (Fsp3) is 0.462. The molecular formula is C13H18O2. The molecule has 2 nitrogen and oxygen atoms in total. The summed E-state index contributed by atoms with van der Waals surface area (Å²) in [5, 5.41) is 0. The third-order valence-electron chi connectivity index (χ3n) is 2.46. The van der Waals surface area contributed by atoms with E-state index in [0.29, 0.717) is 6.42 Å². The smallest absolute Gasteiger partial charge is 0.124 e. The van der Waals surface area contributed by atoms with Crippen LogP contribution in [0.2, 0.25) is 0 Å². The van der Waals surface area contributed by atoms with E-state index in [-0.39, 0.29) is 5.41 Å². The number of carbonyl (C=O) groups excluding carboxylic acids is 1. The molecule has 0 aliphatic rings. The van der Waals surface area contributed by atoms with Gasteiger partial charge in [-0.2, -0.15) is 0 Å². The maximum atomic E-state index is 10.5. The molecule has 0 saturated carbocycles. The van der Waals surface area contributed by atoms with E-state index >= 15 is 0 Å². The van der Waals surface area contributed by atoms with Crippen molar-refractivity contribution in [3.63, 3.8) is 0 Å². The van der Waals surface area contributed by atoms with Gasteiger partial charge in [-0.25, -0.2) is 0 Å². The molecule has 1 rings (SSSR count). The van der Waals surface area contributed by atoms with E-state index in [9.17, 15) is 4.79 Å². The Balaban J connectivity index is 3.13. The minimum atomic E-state index is 0.104. The normalized spacial score (nSPS) is 11.2. The van der Waals surface area contributed by atoms with Gasteiger partial charge >= 0.3 is 0 Å². The number of methoxy groups -OCH3 is 1. The Morgan fingerprint density at radius 2 is 2.00 bits per heavy atom. The lowest BCUT2D eigenvalue weighted by atomic mass is 9.86. The van der Waals surface area contributed by atoms with Gasteiger partial charge in [-0.15, -0.1) is 0 Å². The second-order valence-electron chi connectivity index (χ2n) is 4.65. The number of ether oxygens (including phenoxy) is 1. The lowest BCUT2D eigenvalue weighted by Gasteiger charge is -2.20. The molecule has 15 heavy (non-hydrogen) atoms. The Bertz CT molecular complexity index is 348. The Morgan fingerprint density at radius 1 is 1.33 bits per heavy atom. The summed E-state index contributed by atoms with van der Waals surface area (Å²) in [6.07, 6.45) is 1.31. The maximum Gasteiger partial charge on any atom is 0.124 e. The lowest BCUT2D eigenvalue weighted by molar-refractivity contribution is -0.107. The van der Waals surface area contributed by atoms with E-state index in [1.54, 1.807) is 7.11 Å². The third kappa shape index (κ3) is 2.82. The molecule has 0 saturated heterocycles. The van der Waals surface area contributed by atoms with E-state index in [4.69, 9.17) is 4.74 Å². The summed E-state index contributed by atoms with van der Waals surface area (Å²) in [5.74, 6) is 0.800. The zero-order valence-corrected chi connectivity index (χ0v) is 9.83. The molecule has 0 N–H and O–H groups in total. The largest absolute Gasteiger partial charge is 0.496 e. The first-order valence-electron chi connectivity index (χ1n) is 5.10. The first-order chi connectivity index (χ1) is 6.99. The standard InChI is InChI=1S/C13H18O2/c1-13(2,3)11-6-5-10(7-8-14)12(9-11)15-4/h5-6,8-9H,7H2,1-4H3. The summed E-state index contributed by atoms with van der Waals surface area (Å²) >= 11 is 0. The predicted molar refractivity (Wildman–Crippen MR) is 61.5 cm³/mol. The molecule has 0 atom stereocenters. The second-order valence-corrected chi connectivity index (χ2v) is 4.65. The van der Waals surface area contributed by atoms with E-state index < -0.39 is 0 Å². The van der Waals surface area contributed by atoms with E-state index in [0.717, 1.165) is 17.6 Å². The number of rotatable bonds is 3. The van der Waals surface area contributed by atoms with Crippen LogP contribution in [0.4, 0.5) is 0 Å². The highest BCUT2D eigenvalue weighted by Gasteiger charge is 2.15. The summed E-state index contributed by atoms with van der Waals surface area (Å²) < 4.78 is 5.27. The molecule has 0 bridgehead atoms. The Morgan fingerprint density at radius 3 is 2.47 bits per heavy atom. The summed E-state index contributed by atoms with van der Waals surface area (Å²) in [7, 11) is 1.63. The van der Waals surface area contributed by atoms with Crippen molar-refractivity contribution in [1.82, 2.24) is 0 Å². The van der Waals surface area contributed by atoms with Crippen molar-refractivity contribution in [2.45, 2.75) is 32.6 Å². The van der Waals surface area contributed by atoms with Crippen LogP contribution in [0, 0.1) is 0 Å². The number of aldehydes is 1. The summed E-state index contributed by atoms with van der Waals surface area (Å²) in [6.45, 7) is 6.46. The second kappa shape index (κ2) is 4.47. The van der Waals surface area contributed by atoms with Crippen molar-refractivity contribution in [3.05, 3.63) is 29.3 Å². The first kappa shape index (κ1) is 11.8. The molecule has 0 heterocycles. The monoisotopic (exact) mass is 206 g/mol. The summed E-state index contributed by atoms with van der Waals surface area (Å²) in [4.78, 5) is 10.5. The van der Waals surface area contributed by atoms with Crippen LogP contribution < -0.4 is 4.74 Å². The van der Waals surface area contributed by atoms with Crippen LogP contribution in [-0.4, -0.2) is 13.4 Å². The zero-order valence-electron chi connectivity index (χ0n) is 9.83. The Hall–Kier alpha value is -1.31. The molecule has 0 aliphatic carbocycles. The molecule has 0 amide bonds. The van der Waals surface area contributed by atoms with Crippen LogP contribution in [0.15, 0.2) is 18.2 Å². The molecule has 2 heteroatoms. The van der Waals surface area contributed by atoms with Crippen molar-refractivity contribution in [2.75, 3.05) is 7.11 Å². The minimum absolute atomic E-state index is 0.104. The van der Waals surface area contributed by atoms with Gasteiger partial charge in [-0.3, -0.25) is 0 Å². The average molecular weight is 206 g/mol. The fourth-order valence-corrected chi connectivity index (χ4v) is 1.47. The van der Waals surface area contributed by atoms with Gasteiger partial charge in [0.05, 0.1) is 7.11 Å². The molecule has 82 valence electrons. The first-order valence-corrected chi connectivity index (χ1v) is 5.10. The van der Waals surface area contributed by atoms with Crippen molar-refractivity contribution in [1.29, 1.82) is 0 Å². The van der Waals surface area contributed by atoms with Crippen LogP contribution in [0.3, 0.4) is 0 Å². The molecule has 0 unspecified atom stereocenters. The predicted octanol–water partition coefficient (Wildman–Crippen LogP) is 2.73. The molecule has 0 aliphatic heterocycles. The van der Waals surface area contributed by atoms with Gasteiger partial charge in [0.15, 0.2) is 0 Å². The number of hydrogen-bond acceptors (Lipinski definition) is 2. The van der Waals surface area contributed by atoms with Gasteiger partial charge < -0.3 is 9.53 Å². The van der Waals surface area contributed by atoms with Gasteiger partial charge in [0.25, 0.3) is 0 Å². The highest BCUT2D eigenvalue weighted by Crippen LogP contribution is 2.28. The van der Waals surface area contributed by atoms with Gasteiger partial charge in [0.2, 0.25) is 0 Å². The summed E-state index contributed by atoms with van der Waals surface area (Å²) in [6, 6.07) is 6.04. The van der Waals surface area contributed by atoms with Gasteiger partial charge in [0, 0.05) is 12.0 Å². The van der Waals surface area contributed by atoms with Gasteiger partial charge in [-0.1, -0.05) is 32.9 Å². The van der Waals surface area contributed by atoms with Crippen LogP contribution in [0.5, 0.6) is 5.75 Å². The molecule has 1 aromatic rings. The molecule has 0 spiro atoms. The van der Waals surface area contributed by atoms with Crippen LogP contribution in [-0.2, 0) is 16.6 Å². The minimum Gasteiger partial charge on any atom is -0.496 e. The van der Waals surface area contributed by atoms with E-state index in [2.05, 4.69) is 26.8 Å². The summed E-state index contributed by atoms with van der Waals surface area (Å²) in [5.41, 5.74) is 2.27. The van der Waals surface area contributed by atoms with Crippen LogP contribution in [0.25, 0.3) is 0 Å². The Labute approximate surface area is 91.3 Å². The molecular weight excluding hydrogens is 188 g/mol. The molecule has 0 fully saturated rings. The lowest BCUT2D eigenvalue weighted by Crippen LogP contribution is -2.11. The number of hydrogen-bond donors (Lipinski definition) is 0. The number of benzene rings is 1. The fourth-order valence-electron chi connectivity index (χ4n) is 1.47. The van der Waals surface area contributed by atoms with Crippen LogP contribution in [0.1, 0.15) is 31.9 Å². The van der Waals surface area contributed by atoms with Gasteiger partial charge in [0.1, 0.15) is 12.0 Å². The van der Waals surface area contributed by atoms with E-state index in [1.165, 1.54) is 5.56 Å². The van der Waals surface area contributed by atoms with Crippen molar-refractivity contribution in [2.24, 2.45) is 0 Å². The number of carbonyl (C=O) groups is 1. The average Bonchev–Trinajstić information content (AvgIpc) is 2.17. The quantitative estimate of drug-likeness (QED) is 0.711. The molecule has 1 aromatic carbocycles. The topological polar surface area (TPSA) is 26.3 Å². The van der Waals surface area contributed by atoms with Crippen molar-refractivity contribution >= 4 is 6.29 Å². The van der Waals surface area contributed by atoms with E-state index in [1.807, 2.05) is 12.1 Å². The SMILES string of the molecule is COc1cc(C(C)(C)C)ccc1CC=O.